The number of benzene rings is 2. The predicted octanol–water partition coefficient (Wildman–Crippen LogP) is 2.65. The normalized spacial score (nSPS) is 20.5. The lowest BCUT2D eigenvalue weighted by Crippen LogP contribution is -2.35. The zero-order valence-electron chi connectivity index (χ0n) is 13.3. The number of fused-ring (bicyclic) bond motifs is 1. The maximum Gasteiger partial charge on any atom is 0.243 e. The quantitative estimate of drug-likeness (QED) is 0.737. The smallest absolute Gasteiger partial charge is 0.243 e. The molecule has 24 heavy (non-hydrogen) atoms. The molecular weight excluding hydrogens is 346 g/mol. The SMILES string of the molecule is O=S([O-])CCCC1CCCN1S(=O)(=O)c1ccc2ccccc2c1. The van der Waals surface area contributed by atoms with Gasteiger partial charge in [-0.05, 0) is 48.6 Å². The lowest BCUT2D eigenvalue weighted by Gasteiger charge is -2.24. The fourth-order valence-corrected chi connectivity index (χ4v) is 5.48. The van der Waals surface area contributed by atoms with Crippen molar-refractivity contribution in [1.82, 2.24) is 4.31 Å². The second kappa shape index (κ2) is 7.31. The molecule has 0 saturated carbocycles. The Morgan fingerprint density at radius 2 is 1.92 bits per heavy atom. The van der Waals surface area contributed by atoms with Gasteiger partial charge in [-0.15, -0.1) is 0 Å². The van der Waals surface area contributed by atoms with Gasteiger partial charge in [0.05, 0.1) is 4.90 Å². The molecule has 1 saturated heterocycles. The summed E-state index contributed by atoms with van der Waals surface area (Å²) in [6.07, 6.45) is 2.68. The van der Waals surface area contributed by atoms with Gasteiger partial charge in [-0.3, -0.25) is 4.21 Å². The van der Waals surface area contributed by atoms with Crippen LogP contribution in [0.2, 0.25) is 0 Å². The third kappa shape index (κ3) is 3.69. The first-order valence-corrected chi connectivity index (χ1v) is 10.7. The van der Waals surface area contributed by atoms with E-state index in [1.54, 1.807) is 16.4 Å². The Morgan fingerprint density at radius 3 is 2.67 bits per heavy atom. The van der Waals surface area contributed by atoms with Crippen LogP contribution in [0.3, 0.4) is 0 Å². The molecule has 0 amide bonds. The second-order valence-electron chi connectivity index (χ2n) is 6.07. The summed E-state index contributed by atoms with van der Waals surface area (Å²) in [4.78, 5) is 0.306. The van der Waals surface area contributed by atoms with E-state index in [0.29, 0.717) is 24.3 Å². The van der Waals surface area contributed by atoms with Crippen LogP contribution in [0.1, 0.15) is 25.7 Å². The van der Waals surface area contributed by atoms with Crippen molar-refractivity contribution >= 4 is 31.9 Å². The van der Waals surface area contributed by atoms with Gasteiger partial charge in [-0.1, -0.05) is 41.4 Å². The summed E-state index contributed by atoms with van der Waals surface area (Å²) in [5.74, 6) is 0.0837. The minimum atomic E-state index is -3.55. The summed E-state index contributed by atoms with van der Waals surface area (Å²) in [5, 5.41) is 1.91. The van der Waals surface area contributed by atoms with E-state index >= 15 is 0 Å². The van der Waals surface area contributed by atoms with Crippen molar-refractivity contribution < 1.29 is 17.2 Å². The van der Waals surface area contributed by atoms with Crippen molar-refractivity contribution in [1.29, 1.82) is 0 Å². The number of hydrogen-bond acceptors (Lipinski definition) is 4. The molecule has 2 aromatic carbocycles. The molecular formula is C17H20NO4S2-. The van der Waals surface area contributed by atoms with Crippen LogP contribution in [-0.4, -0.2) is 39.8 Å². The Labute approximate surface area is 145 Å². The van der Waals surface area contributed by atoms with E-state index in [2.05, 4.69) is 0 Å². The molecule has 1 aliphatic rings. The van der Waals surface area contributed by atoms with Crippen molar-refractivity contribution in [2.24, 2.45) is 0 Å². The summed E-state index contributed by atoms with van der Waals surface area (Å²) in [6.45, 7) is 0.500. The average Bonchev–Trinajstić information content (AvgIpc) is 3.03. The molecule has 3 rings (SSSR count). The third-order valence-electron chi connectivity index (χ3n) is 4.50. The van der Waals surface area contributed by atoms with Gasteiger partial charge < -0.3 is 4.55 Å². The minimum Gasteiger partial charge on any atom is -0.772 e. The van der Waals surface area contributed by atoms with Crippen molar-refractivity contribution in [3.8, 4) is 0 Å². The van der Waals surface area contributed by atoms with Crippen molar-refractivity contribution in [2.45, 2.75) is 36.6 Å². The molecule has 2 aromatic rings. The molecule has 1 heterocycles. The van der Waals surface area contributed by atoms with Crippen LogP contribution in [-0.2, 0) is 21.1 Å². The van der Waals surface area contributed by atoms with Crippen LogP contribution < -0.4 is 0 Å². The summed E-state index contributed by atoms with van der Waals surface area (Å²) in [6, 6.07) is 12.8. The highest BCUT2D eigenvalue weighted by Crippen LogP contribution is 2.30. The van der Waals surface area contributed by atoms with Crippen LogP contribution in [0, 0.1) is 0 Å². The van der Waals surface area contributed by atoms with Crippen molar-refractivity contribution in [3.05, 3.63) is 42.5 Å². The van der Waals surface area contributed by atoms with E-state index in [0.717, 1.165) is 23.6 Å². The molecule has 2 atom stereocenters. The van der Waals surface area contributed by atoms with E-state index in [9.17, 15) is 17.2 Å². The highest BCUT2D eigenvalue weighted by atomic mass is 32.2. The van der Waals surface area contributed by atoms with E-state index in [4.69, 9.17) is 0 Å². The highest BCUT2D eigenvalue weighted by molar-refractivity contribution is 7.89. The van der Waals surface area contributed by atoms with Crippen LogP contribution in [0.4, 0.5) is 0 Å². The number of nitrogens with zero attached hydrogens (tertiary/aromatic N) is 1. The summed E-state index contributed by atoms with van der Waals surface area (Å²) in [7, 11) is -3.55. The summed E-state index contributed by atoms with van der Waals surface area (Å²) < 4.78 is 48.9. The molecule has 0 spiro atoms. The molecule has 0 aromatic heterocycles. The van der Waals surface area contributed by atoms with E-state index < -0.39 is 21.1 Å². The monoisotopic (exact) mass is 366 g/mol. The number of rotatable bonds is 6. The van der Waals surface area contributed by atoms with Gasteiger partial charge in [0.25, 0.3) is 0 Å². The summed E-state index contributed by atoms with van der Waals surface area (Å²) >= 11 is -2.07. The Balaban J connectivity index is 1.83. The van der Waals surface area contributed by atoms with Gasteiger partial charge in [0.15, 0.2) is 0 Å². The van der Waals surface area contributed by atoms with Crippen molar-refractivity contribution in [2.75, 3.05) is 12.3 Å². The van der Waals surface area contributed by atoms with Crippen LogP contribution >= 0.6 is 0 Å². The Bertz CT molecular complexity index is 851. The molecule has 1 fully saturated rings. The molecule has 130 valence electrons. The molecule has 0 bridgehead atoms. The van der Waals surface area contributed by atoms with Crippen molar-refractivity contribution in [3.63, 3.8) is 0 Å². The van der Waals surface area contributed by atoms with E-state index in [1.807, 2.05) is 30.3 Å². The molecule has 1 aliphatic heterocycles. The van der Waals surface area contributed by atoms with Crippen LogP contribution in [0.5, 0.6) is 0 Å². The maximum atomic E-state index is 13.0. The molecule has 0 N–H and O–H groups in total. The minimum absolute atomic E-state index is 0.0837. The second-order valence-corrected chi connectivity index (χ2v) is 8.98. The summed E-state index contributed by atoms with van der Waals surface area (Å²) in [5.41, 5.74) is 0. The highest BCUT2D eigenvalue weighted by Gasteiger charge is 2.34. The Kier molecular flexibility index (Phi) is 5.34. The molecule has 0 radical (unpaired) electrons. The van der Waals surface area contributed by atoms with Gasteiger partial charge in [0, 0.05) is 18.3 Å². The Hall–Kier alpha value is -1.28. The topological polar surface area (TPSA) is 77.5 Å². The number of hydrogen-bond donors (Lipinski definition) is 0. The molecule has 2 unspecified atom stereocenters. The van der Waals surface area contributed by atoms with Gasteiger partial charge in [0.1, 0.15) is 0 Å². The standard InChI is InChI=1S/C17H21NO4S2/c19-23(20)12-4-8-16-7-3-11-18(16)24(21,22)17-10-9-14-5-1-2-6-15(14)13-17/h1-2,5-6,9-10,13,16H,3-4,7-8,11-12H2,(H,19,20)/p-1. The fraction of sp³-hybridized carbons (Fsp3) is 0.412. The zero-order chi connectivity index (χ0) is 17.2. The average molecular weight is 366 g/mol. The van der Waals surface area contributed by atoms with Crippen LogP contribution in [0.15, 0.2) is 47.4 Å². The Morgan fingerprint density at radius 1 is 1.17 bits per heavy atom. The fourth-order valence-electron chi connectivity index (χ4n) is 3.31. The van der Waals surface area contributed by atoms with Gasteiger partial charge >= 0.3 is 0 Å². The maximum absolute atomic E-state index is 13.0. The molecule has 0 aliphatic carbocycles. The lowest BCUT2D eigenvalue weighted by molar-refractivity contribution is 0.368. The lowest BCUT2D eigenvalue weighted by atomic mass is 10.1. The van der Waals surface area contributed by atoms with Crippen LogP contribution in [0.25, 0.3) is 10.8 Å². The first-order valence-electron chi connectivity index (χ1n) is 8.05. The molecule has 5 nitrogen and oxygen atoms in total. The zero-order valence-corrected chi connectivity index (χ0v) is 14.9. The van der Waals surface area contributed by atoms with Gasteiger partial charge in [-0.25, -0.2) is 8.42 Å². The first kappa shape index (κ1) is 17.5. The van der Waals surface area contributed by atoms with Gasteiger partial charge in [-0.2, -0.15) is 4.31 Å². The third-order valence-corrected chi connectivity index (χ3v) is 7.07. The molecule has 7 heteroatoms. The van der Waals surface area contributed by atoms with Gasteiger partial charge in [0.2, 0.25) is 10.0 Å². The largest absolute Gasteiger partial charge is 0.772 e. The first-order chi connectivity index (χ1) is 11.5. The van der Waals surface area contributed by atoms with E-state index in [1.165, 1.54) is 0 Å². The number of sulfonamides is 1. The van der Waals surface area contributed by atoms with E-state index in [-0.39, 0.29) is 11.8 Å². The predicted molar refractivity (Wildman–Crippen MR) is 93.9 cm³/mol.